The zero-order valence-corrected chi connectivity index (χ0v) is 17.4. The Labute approximate surface area is 162 Å². The SMILES string of the molecule is Cc1cc(C)c(NC(=O)/C(C#N)=C/c2cc(C)n(CC(C)C)c2C)c(C)c1. The molecule has 0 radical (unpaired) electrons. The van der Waals surface area contributed by atoms with Crippen LogP contribution >= 0.6 is 0 Å². The van der Waals surface area contributed by atoms with E-state index in [0.717, 1.165) is 45.9 Å². The highest BCUT2D eigenvalue weighted by Gasteiger charge is 2.15. The maximum Gasteiger partial charge on any atom is 0.266 e. The summed E-state index contributed by atoms with van der Waals surface area (Å²) in [6.07, 6.45) is 1.69. The van der Waals surface area contributed by atoms with Gasteiger partial charge in [0.15, 0.2) is 0 Å². The van der Waals surface area contributed by atoms with Gasteiger partial charge < -0.3 is 9.88 Å². The number of carbonyl (C=O) groups excluding carboxylic acids is 1. The molecular formula is C23H29N3O. The van der Waals surface area contributed by atoms with E-state index in [1.807, 2.05) is 45.9 Å². The average molecular weight is 364 g/mol. The number of nitrogens with zero attached hydrogens (tertiary/aromatic N) is 2. The summed E-state index contributed by atoms with van der Waals surface area (Å²) in [6, 6.07) is 8.14. The Hall–Kier alpha value is -2.80. The van der Waals surface area contributed by atoms with Gasteiger partial charge in [-0.25, -0.2) is 0 Å². The van der Waals surface area contributed by atoms with Crippen molar-refractivity contribution in [1.82, 2.24) is 4.57 Å². The van der Waals surface area contributed by atoms with Crippen LogP contribution in [0, 0.1) is 51.9 Å². The van der Waals surface area contributed by atoms with E-state index in [9.17, 15) is 10.1 Å². The normalized spacial score (nSPS) is 11.6. The van der Waals surface area contributed by atoms with Gasteiger partial charge >= 0.3 is 0 Å². The molecule has 1 heterocycles. The molecule has 2 rings (SSSR count). The minimum atomic E-state index is -0.374. The van der Waals surface area contributed by atoms with Crippen LogP contribution in [-0.2, 0) is 11.3 Å². The van der Waals surface area contributed by atoms with Crippen molar-refractivity contribution >= 4 is 17.7 Å². The van der Waals surface area contributed by atoms with Crippen LogP contribution < -0.4 is 5.32 Å². The monoisotopic (exact) mass is 363 g/mol. The van der Waals surface area contributed by atoms with E-state index in [4.69, 9.17) is 0 Å². The fourth-order valence-electron chi connectivity index (χ4n) is 3.48. The Kier molecular flexibility index (Phi) is 6.28. The minimum Gasteiger partial charge on any atom is -0.348 e. The topological polar surface area (TPSA) is 57.8 Å². The maximum absolute atomic E-state index is 12.7. The molecule has 1 N–H and O–H groups in total. The second-order valence-electron chi connectivity index (χ2n) is 7.73. The van der Waals surface area contributed by atoms with Crippen LogP contribution in [0.5, 0.6) is 0 Å². The molecule has 1 aromatic carbocycles. The molecule has 0 unspecified atom stereocenters. The largest absolute Gasteiger partial charge is 0.348 e. The molecule has 2 aromatic rings. The Morgan fingerprint density at radius 3 is 2.26 bits per heavy atom. The summed E-state index contributed by atoms with van der Waals surface area (Å²) in [5.74, 6) is 0.152. The highest BCUT2D eigenvalue weighted by molar-refractivity contribution is 6.10. The van der Waals surface area contributed by atoms with Gasteiger partial charge in [-0.15, -0.1) is 0 Å². The second kappa shape index (κ2) is 8.26. The Morgan fingerprint density at radius 1 is 1.15 bits per heavy atom. The Balaban J connectivity index is 2.35. The number of hydrogen-bond donors (Lipinski definition) is 1. The fraction of sp³-hybridized carbons (Fsp3) is 0.391. The zero-order valence-electron chi connectivity index (χ0n) is 17.4. The molecule has 0 saturated heterocycles. The number of anilines is 1. The first-order valence-electron chi connectivity index (χ1n) is 9.31. The molecule has 0 aliphatic heterocycles. The number of nitrogens with one attached hydrogen (secondary N) is 1. The number of aryl methyl sites for hydroxylation is 4. The van der Waals surface area contributed by atoms with Crippen molar-refractivity contribution in [1.29, 1.82) is 5.26 Å². The lowest BCUT2D eigenvalue weighted by Gasteiger charge is -2.13. The second-order valence-corrected chi connectivity index (χ2v) is 7.73. The van der Waals surface area contributed by atoms with Gasteiger partial charge in [0, 0.05) is 23.6 Å². The molecule has 1 amide bonds. The van der Waals surface area contributed by atoms with Crippen molar-refractivity contribution in [3.63, 3.8) is 0 Å². The molecule has 1 aromatic heterocycles. The number of amides is 1. The first kappa shape index (κ1) is 20.5. The van der Waals surface area contributed by atoms with Gasteiger partial charge in [0.05, 0.1) is 0 Å². The quantitative estimate of drug-likeness (QED) is 0.584. The van der Waals surface area contributed by atoms with Crippen LogP contribution in [0.3, 0.4) is 0 Å². The molecule has 4 nitrogen and oxygen atoms in total. The van der Waals surface area contributed by atoms with E-state index < -0.39 is 0 Å². The van der Waals surface area contributed by atoms with Crippen molar-refractivity contribution < 1.29 is 4.79 Å². The van der Waals surface area contributed by atoms with E-state index in [1.165, 1.54) is 0 Å². The van der Waals surface area contributed by atoms with Gasteiger partial charge in [0.25, 0.3) is 5.91 Å². The van der Waals surface area contributed by atoms with Gasteiger partial charge in [-0.05, 0) is 69.4 Å². The van der Waals surface area contributed by atoms with Crippen molar-refractivity contribution in [3.8, 4) is 6.07 Å². The predicted octanol–water partition coefficient (Wildman–Crippen LogP) is 5.23. The predicted molar refractivity (Wildman–Crippen MR) is 112 cm³/mol. The van der Waals surface area contributed by atoms with Crippen LogP contribution in [0.15, 0.2) is 23.8 Å². The highest BCUT2D eigenvalue weighted by atomic mass is 16.1. The molecule has 0 saturated carbocycles. The fourth-order valence-corrected chi connectivity index (χ4v) is 3.48. The lowest BCUT2D eigenvalue weighted by atomic mass is 10.0. The zero-order chi connectivity index (χ0) is 20.3. The lowest BCUT2D eigenvalue weighted by Crippen LogP contribution is -2.15. The molecule has 27 heavy (non-hydrogen) atoms. The summed E-state index contributed by atoms with van der Waals surface area (Å²) in [6.45, 7) is 15.3. The van der Waals surface area contributed by atoms with Crippen LogP contribution in [0.1, 0.15) is 47.5 Å². The van der Waals surface area contributed by atoms with E-state index in [1.54, 1.807) is 6.08 Å². The highest BCUT2D eigenvalue weighted by Crippen LogP contribution is 2.24. The molecule has 0 aliphatic carbocycles. The summed E-state index contributed by atoms with van der Waals surface area (Å²) in [4.78, 5) is 12.7. The Bertz CT molecular complexity index is 916. The summed E-state index contributed by atoms with van der Waals surface area (Å²) >= 11 is 0. The smallest absolute Gasteiger partial charge is 0.266 e. The third-order valence-electron chi connectivity index (χ3n) is 4.74. The van der Waals surface area contributed by atoms with Gasteiger partial charge in [-0.2, -0.15) is 5.26 Å². The van der Waals surface area contributed by atoms with Crippen LogP contribution in [0.2, 0.25) is 0 Å². The average Bonchev–Trinajstić information content (AvgIpc) is 2.82. The lowest BCUT2D eigenvalue weighted by molar-refractivity contribution is -0.112. The van der Waals surface area contributed by atoms with Crippen LogP contribution in [-0.4, -0.2) is 10.5 Å². The van der Waals surface area contributed by atoms with Crippen molar-refractivity contribution in [3.05, 3.63) is 57.4 Å². The maximum atomic E-state index is 12.7. The first-order chi connectivity index (χ1) is 12.6. The molecule has 142 valence electrons. The number of aromatic nitrogens is 1. The standard InChI is InChI=1S/C23H29N3O/c1-14(2)13-26-18(6)10-20(19(26)7)11-21(12-24)23(27)25-22-16(4)8-15(3)9-17(22)5/h8-11,14H,13H2,1-7H3,(H,25,27)/b21-11+. The molecule has 0 bridgehead atoms. The van der Waals surface area contributed by atoms with Gasteiger partial charge in [0.2, 0.25) is 0 Å². The number of hydrogen-bond acceptors (Lipinski definition) is 2. The third kappa shape index (κ3) is 4.68. The summed E-state index contributed by atoms with van der Waals surface area (Å²) in [5, 5.41) is 12.5. The molecular weight excluding hydrogens is 334 g/mol. The molecule has 0 spiro atoms. The third-order valence-corrected chi connectivity index (χ3v) is 4.74. The van der Waals surface area contributed by atoms with Crippen LogP contribution in [0.25, 0.3) is 6.08 Å². The molecule has 4 heteroatoms. The first-order valence-corrected chi connectivity index (χ1v) is 9.31. The summed E-state index contributed by atoms with van der Waals surface area (Å²) < 4.78 is 2.23. The molecule has 0 fully saturated rings. The molecule has 0 aliphatic rings. The van der Waals surface area contributed by atoms with E-state index in [0.29, 0.717) is 5.92 Å². The van der Waals surface area contributed by atoms with Crippen LogP contribution in [0.4, 0.5) is 5.69 Å². The van der Waals surface area contributed by atoms with E-state index in [2.05, 4.69) is 36.7 Å². The van der Waals surface area contributed by atoms with Crippen molar-refractivity contribution in [2.45, 2.75) is 55.0 Å². The number of nitriles is 1. The number of carbonyl (C=O) groups is 1. The summed E-state index contributed by atoms with van der Waals surface area (Å²) in [5.41, 5.74) is 7.14. The van der Waals surface area contributed by atoms with E-state index >= 15 is 0 Å². The molecule has 0 atom stereocenters. The van der Waals surface area contributed by atoms with Gasteiger partial charge in [-0.1, -0.05) is 31.5 Å². The van der Waals surface area contributed by atoms with Crippen molar-refractivity contribution in [2.24, 2.45) is 5.92 Å². The van der Waals surface area contributed by atoms with Gasteiger partial charge in [0.1, 0.15) is 11.6 Å². The van der Waals surface area contributed by atoms with Crippen molar-refractivity contribution in [2.75, 3.05) is 5.32 Å². The number of rotatable bonds is 5. The van der Waals surface area contributed by atoms with Gasteiger partial charge in [-0.3, -0.25) is 4.79 Å². The van der Waals surface area contributed by atoms with E-state index in [-0.39, 0.29) is 11.5 Å². The summed E-state index contributed by atoms with van der Waals surface area (Å²) in [7, 11) is 0. The number of benzene rings is 1. The Morgan fingerprint density at radius 2 is 1.74 bits per heavy atom. The minimum absolute atomic E-state index is 0.110.